The van der Waals surface area contributed by atoms with E-state index in [1.54, 1.807) is 11.8 Å². The van der Waals surface area contributed by atoms with Gasteiger partial charge in [-0.05, 0) is 19.1 Å². The third kappa shape index (κ3) is 4.05. The molecule has 1 N–H and O–H groups in total. The maximum absolute atomic E-state index is 13.8. The Kier molecular flexibility index (Phi) is 5.58. The summed E-state index contributed by atoms with van der Waals surface area (Å²) in [5, 5.41) is 7.15. The van der Waals surface area contributed by atoms with E-state index in [1.807, 2.05) is 0 Å². The number of hydrogen-bond acceptors (Lipinski definition) is 6. The van der Waals surface area contributed by atoms with E-state index in [4.69, 9.17) is 0 Å². The van der Waals surface area contributed by atoms with Gasteiger partial charge in [0, 0.05) is 26.2 Å². The lowest BCUT2D eigenvalue weighted by Crippen LogP contribution is -2.51. The molecule has 1 saturated heterocycles. The van der Waals surface area contributed by atoms with E-state index in [0.717, 1.165) is 6.07 Å². The number of hydrogen-bond donors (Lipinski definition) is 1. The average molecular weight is 399 g/mol. The Hall–Kier alpha value is -1.98. The van der Waals surface area contributed by atoms with E-state index < -0.39 is 15.8 Å². The van der Waals surface area contributed by atoms with Gasteiger partial charge in [0.15, 0.2) is 0 Å². The van der Waals surface area contributed by atoms with Gasteiger partial charge in [-0.15, -0.1) is 5.10 Å². The van der Waals surface area contributed by atoms with Crippen LogP contribution in [-0.2, 0) is 14.8 Å². The number of H-pyrrole nitrogens is 1. The summed E-state index contributed by atoms with van der Waals surface area (Å²) in [6.45, 7) is 2.56. The van der Waals surface area contributed by atoms with Crippen LogP contribution in [0.5, 0.6) is 0 Å². The lowest BCUT2D eigenvalue weighted by Gasteiger charge is -2.34. The lowest BCUT2D eigenvalue weighted by atomic mass is 10.3. The first-order valence-electron chi connectivity index (χ1n) is 7.92. The van der Waals surface area contributed by atoms with Crippen molar-refractivity contribution in [3.8, 4) is 0 Å². The van der Waals surface area contributed by atoms with Crippen molar-refractivity contribution >= 4 is 27.7 Å². The predicted octanol–water partition coefficient (Wildman–Crippen LogP) is 0.877. The monoisotopic (exact) mass is 399 g/mol. The number of amides is 1. The zero-order valence-corrected chi connectivity index (χ0v) is 15.7. The van der Waals surface area contributed by atoms with Gasteiger partial charge in [0.25, 0.3) is 0 Å². The van der Waals surface area contributed by atoms with Gasteiger partial charge in [0.1, 0.15) is 16.5 Å². The van der Waals surface area contributed by atoms with Crippen molar-refractivity contribution in [1.29, 1.82) is 0 Å². The zero-order valence-electron chi connectivity index (χ0n) is 14.1. The molecular weight excluding hydrogens is 381 g/mol. The fourth-order valence-corrected chi connectivity index (χ4v) is 4.81. The first-order valence-corrected chi connectivity index (χ1v) is 10.3. The number of benzene rings is 1. The molecule has 2 aromatic rings. The molecule has 8 nitrogen and oxygen atoms in total. The molecule has 11 heteroatoms. The van der Waals surface area contributed by atoms with Crippen LogP contribution in [-0.4, -0.2) is 70.6 Å². The standard InChI is InChI=1S/C15H18FN5O3S2/c1-11-17-15(19-18-11)25-10-14(22)20-6-8-21(9-7-20)26(23,24)13-5-3-2-4-12(13)16/h2-5H,6-10H2,1H3,(H,17,18,19). The van der Waals surface area contributed by atoms with Gasteiger partial charge in [-0.1, -0.05) is 23.9 Å². The Morgan fingerprint density at radius 1 is 1.27 bits per heavy atom. The number of thioether (sulfide) groups is 1. The molecule has 1 aromatic heterocycles. The van der Waals surface area contributed by atoms with Crippen LogP contribution >= 0.6 is 11.8 Å². The summed E-state index contributed by atoms with van der Waals surface area (Å²) in [5.74, 6) is -0.0336. The van der Waals surface area contributed by atoms with Gasteiger partial charge in [0.05, 0.1) is 5.75 Å². The van der Waals surface area contributed by atoms with Crippen LogP contribution in [0.15, 0.2) is 34.3 Å². The van der Waals surface area contributed by atoms with Gasteiger partial charge in [-0.2, -0.15) is 4.31 Å². The number of piperazine rings is 1. The molecule has 1 aliphatic heterocycles. The molecule has 1 fully saturated rings. The summed E-state index contributed by atoms with van der Waals surface area (Å²) < 4.78 is 40.1. The van der Waals surface area contributed by atoms with Crippen LogP contribution in [0.2, 0.25) is 0 Å². The Labute approximate surface area is 154 Å². The summed E-state index contributed by atoms with van der Waals surface area (Å²) in [4.78, 5) is 17.6. The highest BCUT2D eigenvalue weighted by Crippen LogP contribution is 2.21. The highest BCUT2D eigenvalue weighted by atomic mass is 32.2. The normalized spacial score (nSPS) is 16.0. The maximum Gasteiger partial charge on any atom is 0.246 e. The largest absolute Gasteiger partial charge is 0.339 e. The van der Waals surface area contributed by atoms with Gasteiger partial charge >= 0.3 is 0 Å². The molecule has 0 radical (unpaired) electrons. The second kappa shape index (κ2) is 7.72. The van der Waals surface area contributed by atoms with Crippen LogP contribution < -0.4 is 0 Å². The third-order valence-corrected chi connectivity index (χ3v) is 6.71. The molecule has 2 heterocycles. The van der Waals surface area contributed by atoms with Gasteiger partial charge < -0.3 is 4.90 Å². The Morgan fingerprint density at radius 3 is 2.58 bits per heavy atom. The summed E-state index contributed by atoms with van der Waals surface area (Å²) in [6, 6.07) is 5.29. The number of aromatic amines is 1. The van der Waals surface area contributed by atoms with E-state index in [-0.39, 0.29) is 42.7 Å². The highest BCUT2D eigenvalue weighted by molar-refractivity contribution is 7.99. The van der Waals surface area contributed by atoms with Crippen LogP contribution in [0.25, 0.3) is 0 Å². The molecule has 140 valence electrons. The number of carbonyl (C=O) groups is 1. The third-order valence-electron chi connectivity index (χ3n) is 3.95. The smallest absolute Gasteiger partial charge is 0.246 e. The van der Waals surface area contributed by atoms with E-state index in [0.29, 0.717) is 11.0 Å². The molecule has 1 aromatic carbocycles. The molecule has 0 aliphatic carbocycles. The molecule has 0 unspecified atom stereocenters. The van der Waals surface area contributed by atoms with Crippen molar-refractivity contribution in [2.75, 3.05) is 31.9 Å². The molecule has 1 amide bonds. The Morgan fingerprint density at radius 2 is 1.96 bits per heavy atom. The maximum atomic E-state index is 13.8. The number of halogens is 1. The summed E-state index contributed by atoms with van der Waals surface area (Å²) in [5.41, 5.74) is 0. The second-order valence-corrected chi connectivity index (χ2v) is 8.56. The number of aromatic nitrogens is 3. The number of sulfonamides is 1. The highest BCUT2D eigenvalue weighted by Gasteiger charge is 2.31. The first kappa shape index (κ1) is 18.8. The Balaban J connectivity index is 1.57. The number of nitrogens with zero attached hydrogens (tertiary/aromatic N) is 4. The van der Waals surface area contributed by atoms with E-state index in [2.05, 4.69) is 15.2 Å². The average Bonchev–Trinajstić information content (AvgIpc) is 3.05. The molecule has 0 atom stereocenters. The molecule has 3 rings (SSSR count). The number of nitrogens with one attached hydrogen (secondary N) is 1. The van der Waals surface area contributed by atoms with Crippen molar-refractivity contribution in [1.82, 2.24) is 24.4 Å². The van der Waals surface area contributed by atoms with Gasteiger partial charge in [0.2, 0.25) is 21.1 Å². The lowest BCUT2D eigenvalue weighted by molar-refractivity contribution is -0.129. The second-order valence-electron chi connectivity index (χ2n) is 5.71. The molecule has 26 heavy (non-hydrogen) atoms. The summed E-state index contributed by atoms with van der Waals surface area (Å²) in [6.07, 6.45) is 0. The number of carbonyl (C=O) groups excluding carboxylic acids is 1. The van der Waals surface area contributed by atoms with Crippen molar-refractivity contribution in [3.63, 3.8) is 0 Å². The van der Waals surface area contributed by atoms with Crippen molar-refractivity contribution in [3.05, 3.63) is 35.9 Å². The molecule has 0 saturated carbocycles. The Bertz CT molecular complexity index is 894. The van der Waals surface area contributed by atoms with Gasteiger partial charge in [-0.25, -0.2) is 17.8 Å². The summed E-state index contributed by atoms with van der Waals surface area (Å²) in [7, 11) is -3.90. The minimum atomic E-state index is -3.90. The minimum Gasteiger partial charge on any atom is -0.339 e. The van der Waals surface area contributed by atoms with Crippen molar-refractivity contribution in [2.24, 2.45) is 0 Å². The van der Waals surface area contributed by atoms with Crippen LogP contribution in [0.4, 0.5) is 4.39 Å². The van der Waals surface area contributed by atoms with E-state index in [9.17, 15) is 17.6 Å². The molecule has 0 spiro atoms. The van der Waals surface area contributed by atoms with E-state index in [1.165, 1.54) is 34.3 Å². The predicted molar refractivity (Wildman–Crippen MR) is 93.6 cm³/mol. The van der Waals surface area contributed by atoms with Crippen LogP contribution in [0.1, 0.15) is 5.82 Å². The first-order chi connectivity index (χ1) is 12.4. The SMILES string of the molecule is Cc1nc(SCC(=O)N2CCN(S(=O)(=O)c3ccccc3F)CC2)n[nH]1. The molecular formula is C15H18FN5O3S2. The van der Waals surface area contributed by atoms with Gasteiger partial charge in [-0.3, -0.25) is 9.89 Å². The number of rotatable bonds is 5. The van der Waals surface area contributed by atoms with E-state index >= 15 is 0 Å². The van der Waals surface area contributed by atoms with Crippen molar-refractivity contribution < 1.29 is 17.6 Å². The van der Waals surface area contributed by atoms with Crippen LogP contribution in [0.3, 0.4) is 0 Å². The fraction of sp³-hybridized carbons (Fsp3) is 0.400. The summed E-state index contributed by atoms with van der Waals surface area (Å²) >= 11 is 1.22. The van der Waals surface area contributed by atoms with Crippen LogP contribution in [0, 0.1) is 12.7 Å². The quantitative estimate of drug-likeness (QED) is 0.750. The molecule has 0 bridgehead atoms. The molecule has 1 aliphatic rings. The zero-order chi connectivity index (χ0) is 18.7. The fourth-order valence-electron chi connectivity index (χ4n) is 2.58. The topological polar surface area (TPSA) is 99.3 Å². The minimum absolute atomic E-state index is 0.111. The van der Waals surface area contributed by atoms with Crippen molar-refractivity contribution in [2.45, 2.75) is 17.0 Å². The number of aryl methyl sites for hydroxylation is 1.